The van der Waals surface area contributed by atoms with Crippen molar-refractivity contribution in [2.24, 2.45) is 0 Å². The Labute approximate surface area is 192 Å². The molecule has 0 aliphatic heterocycles. The van der Waals surface area contributed by atoms with Crippen molar-refractivity contribution in [1.82, 2.24) is 5.32 Å². The zero-order chi connectivity index (χ0) is 22.6. The lowest BCUT2D eigenvalue weighted by atomic mass is 9.77. The molecule has 4 rings (SSSR count). The SMILES string of the molecule is CCNCC.O=C1C(=Cc2ccccc2)CC(c2ccccc2)CC1=Cc1ccccc1. The lowest BCUT2D eigenvalue weighted by molar-refractivity contribution is -0.113. The normalized spacial score (nSPS) is 18.3. The molecule has 0 bridgehead atoms. The van der Waals surface area contributed by atoms with Crippen molar-refractivity contribution in [2.75, 3.05) is 13.1 Å². The molecule has 2 nitrogen and oxygen atoms in total. The van der Waals surface area contributed by atoms with Gasteiger partial charge in [-0.2, -0.15) is 0 Å². The second-order valence-corrected chi connectivity index (χ2v) is 7.96. The zero-order valence-corrected chi connectivity index (χ0v) is 19.1. The highest BCUT2D eigenvalue weighted by atomic mass is 16.1. The molecular formula is C30H33NO. The molecule has 3 aromatic carbocycles. The number of carbonyl (C=O) groups is 1. The van der Waals surface area contributed by atoms with E-state index in [0.717, 1.165) is 48.2 Å². The molecular weight excluding hydrogens is 390 g/mol. The van der Waals surface area contributed by atoms with Gasteiger partial charge in [0.2, 0.25) is 0 Å². The number of carbonyl (C=O) groups excluding carboxylic acids is 1. The molecule has 0 heterocycles. The van der Waals surface area contributed by atoms with Crippen molar-refractivity contribution < 1.29 is 4.79 Å². The van der Waals surface area contributed by atoms with Crippen LogP contribution in [0.25, 0.3) is 12.2 Å². The quantitative estimate of drug-likeness (QED) is 0.451. The predicted octanol–water partition coefficient (Wildman–Crippen LogP) is 6.92. The van der Waals surface area contributed by atoms with E-state index in [2.05, 4.69) is 55.6 Å². The van der Waals surface area contributed by atoms with Crippen LogP contribution in [0.2, 0.25) is 0 Å². The maximum atomic E-state index is 13.2. The van der Waals surface area contributed by atoms with Gasteiger partial charge < -0.3 is 5.32 Å². The first-order chi connectivity index (χ1) is 15.7. The van der Waals surface area contributed by atoms with Crippen LogP contribution in [0.5, 0.6) is 0 Å². The van der Waals surface area contributed by atoms with Gasteiger partial charge in [0.05, 0.1) is 0 Å². The van der Waals surface area contributed by atoms with Crippen LogP contribution in [0.4, 0.5) is 0 Å². The minimum atomic E-state index is 0.176. The van der Waals surface area contributed by atoms with Gasteiger partial charge in [0.1, 0.15) is 0 Å². The first kappa shape index (κ1) is 23.4. The van der Waals surface area contributed by atoms with Crippen molar-refractivity contribution in [3.05, 3.63) is 119 Å². The van der Waals surface area contributed by atoms with Crippen LogP contribution in [0.3, 0.4) is 0 Å². The number of hydrogen-bond donors (Lipinski definition) is 1. The van der Waals surface area contributed by atoms with Gasteiger partial charge in [0.15, 0.2) is 5.78 Å². The lowest BCUT2D eigenvalue weighted by Gasteiger charge is -2.26. The average molecular weight is 424 g/mol. The average Bonchev–Trinajstić information content (AvgIpc) is 2.84. The van der Waals surface area contributed by atoms with Crippen LogP contribution in [0.15, 0.2) is 102 Å². The van der Waals surface area contributed by atoms with E-state index in [1.165, 1.54) is 5.56 Å². The Hall–Kier alpha value is -3.23. The molecule has 3 aromatic rings. The van der Waals surface area contributed by atoms with E-state index in [1.54, 1.807) is 0 Å². The first-order valence-corrected chi connectivity index (χ1v) is 11.5. The van der Waals surface area contributed by atoms with Gasteiger partial charge in [0.25, 0.3) is 0 Å². The molecule has 0 saturated heterocycles. The number of allylic oxidation sites excluding steroid dienone is 2. The van der Waals surface area contributed by atoms with E-state index in [4.69, 9.17) is 0 Å². The highest BCUT2D eigenvalue weighted by molar-refractivity contribution is 6.14. The predicted molar refractivity (Wildman–Crippen MR) is 136 cm³/mol. The Bertz CT molecular complexity index is 957. The lowest BCUT2D eigenvalue weighted by Crippen LogP contribution is -2.19. The number of Topliss-reactive ketones (excluding diaryl/α,β-unsaturated/α-hetero) is 1. The van der Waals surface area contributed by atoms with Gasteiger partial charge in [-0.15, -0.1) is 0 Å². The molecule has 0 radical (unpaired) electrons. The van der Waals surface area contributed by atoms with Crippen molar-refractivity contribution in [1.29, 1.82) is 0 Å². The summed E-state index contributed by atoms with van der Waals surface area (Å²) in [5.41, 5.74) is 5.23. The fraction of sp³-hybridized carbons (Fsp3) is 0.233. The van der Waals surface area contributed by atoms with Crippen LogP contribution < -0.4 is 5.32 Å². The van der Waals surface area contributed by atoms with Crippen molar-refractivity contribution in [3.8, 4) is 0 Å². The van der Waals surface area contributed by atoms with Gasteiger partial charge in [-0.25, -0.2) is 0 Å². The van der Waals surface area contributed by atoms with Gasteiger partial charge in [0, 0.05) is 11.1 Å². The second-order valence-electron chi connectivity index (χ2n) is 7.96. The van der Waals surface area contributed by atoms with Gasteiger partial charge >= 0.3 is 0 Å². The number of nitrogens with one attached hydrogen (secondary N) is 1. The number of hydrogen-bond acceptors (Lipinski definition) is 2. The zero-order valence-electron chi connectivity index (χ0n) is 19.1. The second kappa shape index (κ2) is 12.6. The van der Waals surface area contributed by atoms with Crippen LogP contribution in [0, 0.1) is 0 Å². The fourth-order valence-electron chi connectivity index (χ4n) is 3.96. The van der Waals surface area contributed by atoms with Crippen LogP contribution in [-0.4, -0.2) is 18.9 Å². The summed E-state index contributed by atoms with van der Waals surface area (Å²) >= 11 is 0. The third-order valence-corrected chi connectivity index (χ3v) is 5.57. The van der Waals surface area contributed by atoms with Crippen LogP contribution >= 0.6 is 0 Å². The Balaban J connectivity index is 0.000000523. The summed E-state index contributed by atoms with van der Waals surface area (Å²) in [5.74, 6) is 0.503. The van der Waals surface area contributed by atoms with E-state index in [0.29, 0.717) is 5.92 Å². The minimum absolute atomic E-state index is 0.176. The molecule has 0 aromatic heterocycles. The third-order valence-electron chi connectivity index (χ3n) is 5.57. The molecule has 2 heteroatoms. The molecule has 32 heavy (non-hydrogen) atoms. The maximum Gasteiger partial charge on any atom is 0.185 e. The third kappa shape index (κ3) is 6.90. The number of rotatable bonds is 5. The van der Waals surface area contributed by atoms with E-state index in [-0.39, 0.29) is 5.78 Å². The fourth-order valence-corrected chi connectivity index (χ4v) is 3.96. The van der Waals surface area contributed by atoms with Crippen LogP contribution in [0.1, 0.15) is 49.3 Å². The number of benzene rings is 3. The molecule has 0 amide bonds. The van der Waals surface area contributed by atoms with Crippen LogP contribution in [-0.2, 0) is 4.79 Å². The Morgan fingerprint density at radius 3 is 1.47 bits per heavy atom. The summed E-state index contributed by atoms with van der Waals surface area (Å²) in [6.07, 6.45) is 5.67. The van der Waals surface area contributed by atoms with E-state index < -0.39 is 0 Å². The molecule has 0 spiro atoms. The Kier molecular flexibility index (Phi) is 9.21. The van der Waals surface area contributed by atoms with E-state index >= 15 is 0 Å². The molecule has 1 aliphatic carbocycles. The molecule has 0 atom stereocenters. The van der Waals surface area contributed by atoms with Crippen molar-refractivity contribution in [3.63, 3.8) is 0 Å². The first-order valence-electron chi connectivity index (χ1n) is 11.5. The topological polar surface area (TPSA) is 29.1 Å². The molecule has 0 unspecified atom stereocenters. The summed E-state index contributed by atoms with van der Waals surface area (Å²) in [6.45, 7) is 6.39. The summed E-state index contributed by atoms with van der Waals surface area (Å²) in [7, 11) is 0. The Morgan fingerprint density at radius 2 is 1.09 bits per heavy atom. The monoisotopic (exact) mass is 423 g/mol. The van der Waals surface area contributed by atoms with E-state index in [9.17, 15) is 4.79 Å². The molecule has 1 saturated carbocycles. The highest BCUT2D eigenvalue weighted by Crippen LogP contribution is 2.38. The molecule has 164 valence electrons. The summed E-state index contributed by atoms with van der Waals surface area (Å²) in [4.78, 5) is 13.2. The maximum absolute atomic E-state index is 13.2. The smallest absolute Gasteiger partial charge is 0.185 e. The minimum Gasteiger partial charge on any atom is -0.317 e. The molecule has 1 aliphatic rings. The summed E-state index contributed by atoms with van der Waals surface area (Å²) < 4.78 is 0. The van der Waals surface area contributed by atoms with Gasteiger partial charge in [-0.1, -0.05) is 105 Å². The van der Waals surface area contributed by atoms with Gasteiger partial charge in [-0.05, 0) is 60.7 Å². The standard InChI is InChI=1S/C26H22O.C4H11N/c27-26-24(16-20-10-4-1-5-11-20)18-23(22-14-8-3-9-15-22)19-25(26)17-21-12-6-2-7-13-21;1-3-5-4-2/h1-17,23H,18-19H2;5H,3-4H2,1-2H3. The van der Waals surface area contributed by atoms with E-state index in [1.807, 2.05) is 66.7 Å². The molecule has 1 fully saturated rings. The van der Waals surface area contributed by atoms with Gasteiger partial charge in [-0.3, -0.25) is 4.79 Å². The Morgan fingerprint density at radius 1 is 0.688 bits per heavy atom. The highest BCUT2D eigenvalue weighted by Gasteiger charge is 2.28. The number of ketones is 1. The summed E-state index contributed by atoms with van der Waals surface area (Å²) in [5, 5.41) is 3.11. The molecule has 1 N–H and O–H groups in total. The van der Waals surface area contributed by atoms with Crippen molar-refractivity contribution in [2.45, 2.75) is 32.6 Å². The summed E-state index contributed by atoms with van der Waals surface area (Å²) in [6, 6.07) is 30.8. The van der Waals surface area contributed by atoms with Crippen molar-refractivity contribution >= 4 is 17.9 Å². The largest absolute Gasteiger partial charge is 0.317 e.